The summed E-state index contributed by atoms with van der Waals surface area (Å²) >= 11 is 3.60. The molecule has 6 nitrogen and oxygen atoms in total. The summed E-state index contributed by atoms with van der Waals surface area (Å²) in [6.45, 7) is 7.65. The first-order valence-electron chi connectivity index (χ1n) is 12.3. The number of likely N-dealkylation sites (tertiary alicyclic amines) is 2. The minimum atomic E-state index is -5.08. The molecule has 1 amide bonds. The van der Waals surface area contributed by atoms with Gasteiger partial charge in [-0.3, -0.25) is 9.69 Å². The van der Waals surface area contributed by atoms with Crippen molar-refractivity contribution in [3.05, 3.63) is 64.1 Å². The van der Waals surface area contributed by atoms with Gasteiger partial charge in [0.05, 0.1) is 6.61 Å². The third-order valence-corrected chi connectivity index (χ3v) is 7.50. The van der Waals surface area contributed by atoms with Crippen LogP contribution in [0.25, 0.3) is 0 Å². The molecule has 10 heteroatoms. The van der Waals surface area contributed by atoms with Crippen molar-refractivity contribution in [1.29, 1.82) is 0 Å². The van der Waals surface area contributed by atoms with Crippen molar-refractivity contribution in [2.75, 3.05) is 32.8 Å². The summed E-state index contributed by atoms with van der Waals surface area (Å²) in [7, 11) is 0. The van der Waals surface area contributed by atoms with Crippen LogP contribution in [-0.4, -0.2) is 65.7 Å². The van der Waals surface area contributed by atoms with E-state index in [4.69, 9.17) is 14.6 Å². The number of hydrogen-bond acceptors (Lipinski definition) is 4. The van der Waals surface area contributed by atoms with Crippen molar-refractivity contribution < 1.29 is 32.6 Å². The molecular formula is C27H32BrF3N2O4. The third kappa shape index (κ3) is 8.20. The Balaban J connectivity index is 0.000000479. The predicted octanol–water partition coefficient (Wildman–Crippen LogP) is 6.00. The lowest BCUT2D eigenvalue weighted by Gasteiger charge is -2.47. The number of carboxylic acid groups (broad SMARTS) is 1. The number of carbonyl (C=O) groups is 2. The summed E-state index contributed by atoms with van der Waals surface area (Å²) < 4.78 is 38.7. The van der Waals surface area contributed by atoms with E-state index in [1.54, 1.807) is 0 Å². The zero-order valence-electron chi connectivity index (χ0n) is 20.8. The lowest BCUT2D eigenvalue weighted by Crippen LogP contribution is -2.48. The molecule has 2 aromatic rings. The second kappa shape index (κ2) is 12.8. The Hall–Kier alpha value is -2.59. The highest BCUT2D eigenvalue weighted by atomic mass is 79.9. The highest BCUT2D eigenvalue weighted by Crippen LogP contribution is 2.42. The summed E-state index contributed by atoms with van der Waals surface area (Å²) in [5.41, 5.74) is 2.47. The molecule has 2 aliphatic heterocycles. The number of nitrogens with zero attached hydrogens (tertiary/aromatic N) is 2. The Kier molecular flexibility index (Phi) is 10.0. The first-order chi connectivity index (χ1) is 17.5. The zero-order valence-corrected chi connectivity index (χ0v) is 22.4. The Morgan fingerprint density at radius 2 is 1.57 bits per heavy atom. The molecule has 0 atom stereocenters. The third-order valence-electron chi connectivity index (χ3n) is 7.01. The van der Waals surface area contributed by atoms with Crippen LogP contribution in [0, 0.1) is 5.41 Å². The van der Waals surface area contributed by atoms with Gasteiger partial charge in [-0.15, -0.1) is 0 Å². The number of amides is 1. The van der Waals surface area contributed by atoms with Crippen molar-refractivity contribution in [3.63, 3.8) is 0 Å². The Morgan fingerprint density at radius 1 is 1.00 bits per heavy atom. The second-order valence-corrected chi connectivity index (χ2v) is 10.3. The van der Waals surface area contributed by atoms with Crippen LogP contribution < -0.4 is 4.74 Å². The van der Waals surface area contributed by atoms with Gasteiger partial charge in [0.25, 0.3) is 5.91 Å². The van der Waals surface area contributed by atoms with Gasteiger partial charge in [0.2, 0.25) is 0 Å². The zero-order chi connectivity index (χ0) is 27.1. The second-order valence-electron chi connectivity index (χ2n) is 9.42. The maximum absolute atomic E-state index is 12.7. The fourth-order valence-corrected chi connectivity index (χ4v) is 5.25. The lowest BCUT2D eigenvalue weighted by molar-refractivity contribution is -0.192. The molecule has 0 saturated carbocycles. The standard InChI is InChI=1S/C25H31BrN2O2.C2HF3O2/c1-2-30-23-9-8-22(26)18-21(23)19-27-14-10-25(11-15-27)12-16-28(17-13-25)24(29)20-6-4-3-5-7-20;3-2(4,5)1(6)7/h3-9,18H,2,10-17,19H2,1H3;(H,6,7). The number of benzene rings is 2. The number of halogens is 4. The fraction of sp³-hybridized carbons (Fsp3) is 0.481. The Morgan fingerprint density at radius 3 is 2.11 bits per heavy atom. The van der Waals surface area contributed by atoms with E-state index < -0.39 is 12.1 Å². The summed E-state index contributed by atoms with van der Waals surface area (Å²) in [6.07, 6.45) is -0.391. The van der Waals surface area contributed by atoms with Gasteiger partial charge in [-0.25, -0.2) is 4.79 Å². The van der Waals surface area contributed by atoms with Crippen LogP contribution in [0.3, 0.4) is 0 Å². The minimum absolute atomic E-state index is 0.181. The summed E-state index contributed by atoms with van der Waals surface area (Å²) in [6, 6.07) is 16.0. The number of hydrogen-bond donors (Lipinski definition) is 1. The molecule has 0 aliphatic carbocycles. The Bertz CT molecular complexity index is 1050. The largest absolute Gasteiger partial charge is 0.494 e. The van der Waals surface area contributed by atoms with Crippen molar-refractivity contribution in [1.82, 2.24) is 9.80 Å². The molecule has 0 unspecified atom stereocenters. The maximum Gasteiger partial charge on any atom is 0.490 e. The average molecular weight is 585 g/mol. The molecule has 1 spiro atoms. The normalized spacial score (nSPS) is 17.6. The van der Waals surface area contributed by atoms with Crippen LogP contribution in [0.4, 0.5) is 13.2 Å². The number of ether oxygens (including phenoxy) is 1. The highest BCUT2D eigenvalue weighted by molar-refractivity contribution is 9.10. The van der Waals surface area contributed by atoms with E-state index >= 15 is 0 Å². The molecule has 0 radical (unpaired) electrons. The SMILES string of the molecule is CCOc1ccc(Br)cc1CN1CCC2(CC1)CCN(C(=O)c1ccccc1)CC2.O=C(O)C(F)(F)F. The number of carbonyl (C=O) groups excluding carboxylic acids is 1. The number of alkyl halides is 3. The molecule has 2 aliphatic rings. The van der Waals surface area contributed by atoms with Crippen LogP contribution in [0.15, 0.2) is 53.0 Å². The van der Waals surface area contributed by atoms with E-state index in [2.05, 4.69) is 33.0 Å². The number of rotatable bonds is 5. The monoisotopic (exact) mass is 584 g/mol. The van der Waals surface area contributed by atoms with Crippen LogP contribution in [0.2, 0.25) is 0 Å². The van der Waals surface area contributed by atoms with Gasteiger partial charge in [-0.2, -0.15) is 13.2 Å². The van der Waals surface area contributed by atoms with E-state index in [0.717, 1.165) is 61.4 Å². The van der Waals surface area contributed by atoms with E-state index in [-0.39, 0.29) is 5.91 Å². The predicted molar refractivity (Wildman–Crippen MR) is 138 cm³/mol. The average Bonchev–Trinajstić information content (AvgIpc) is 2.88. The van der Waals surface area contributed by atoms with Gasteiger partial charge < -0.3 is 14.7 Å². The summed E-state index contributed by atoms with van der Waals surface area (Å²) in [5.74, 6) is -1.58. The van der Waals surface area contributed by atoms with Crippen LogP contribution in [-0.2, 0) is 11.3 Å². The van der Waals surface area contributed by atoms with Gasteiger partial charge in [-0.1, -0.05) is 34.1 Å². The van der Waals surface area contributed by atoms with Gasteiger partial charge in [0.15, 0.2) is 0 Å². The van der Waals surface area contributed by atoms with Crippen molar-refractivity contribution in [2.45, 2.75) is 45.3 Å². The first kappa shape index (κ1) is 29.0. The number of piperidine rings is 2. The molecular weight excluding hydrogens is 553 g/mol. The summed E-state index contributed by atoms with van der Waals surface area (Å²) in [4.78, 5) is 26.2. The molecule has 2 heterocycles. The summed E-state index contributed by atoms with van der Waals surface area (Å²) in [5, 5.41) is 7.12. The minimum Gasteiger partial charge on any atom is -0.494 e. The van der Waals surface area contributed by atoms with Crippen LogP contribution in [0.5, 0.6) is 5.75 Å². The van der Waals surface area contributed by atoms with Gasteiger partial charge in [-0.05, 0) is 81.4 Å². The molecule has 2 saturated heterocycles. The van der Waals surface area contributed by atoms with Gasteiger partial charge >= 0.3 is 12.1 Å². The van der Waals surface area contributed by atoms with Gasteiger partial charge in [0, 0.05) is 35.2 Å². The molecule has 1 N–H and O–H groups in total. The van der Waals surface area contributed by atoms with Crippen LogP contribution >= 0.6 is 15.9 Å². The van der Waals surface area contributed by atoms with E-state index in [0.29, 0.717) is 12.0 Å². The van der Waals surface area contributed by atoms with E-state index in [1.165, 1.54) is 18.4 Å². The lowest BCUT2D eigenvalue weighted by atomic mass is 9.71. The molecule has 202 valence electrons. The Labute approximate surface area is 223 Å². The van der Waals surface area contributed by atoms with Crippen LogP contribution in [0.1, 0.15) is 48.5 Å². The first-order valence-corrected chi connectivity index (χ1v) is 13.1. The van der Waals surface area contributed by atoms with E-state index in [1.807, 2.05) is 48.2 Å². The smallest absolute Gasteiger partial charge is 0.490 e. The molecule has 2 fully saturated rings. The fourth-order valence-electron chi connectivity index (χ4n) is 4.84. The van der Waals surface area contributed by atoms with Crippen molar-refractivity contribution >= 4 is 27.8 Å². The molecule has 37 heavy (non-hydrogen) atoms. The maximum atomic E-state index is 12.7. The molecule has 0 bridgehead atoms. The molecule has 4 rings (SSSR count). The number of carboxylic acids is 1. The van der Waals surface area contributed by atoms with E-state index in [9.17, 15) is 18.0 Å². The van der Waals surface area contributed by atoms with Gasteiger partial charge in [0.1, 0.15) is 5.75 Å². The van der Waals surface area contributed by atoms with Crippen molar-refractivity contribution in [2.24, 2.45) is 5.41 Å². The molecule has 2 aromatic carbocycles. The highest BCUT2D eigenvalue weighted by Gasteiger charge is 2.39. The van der Waals surface area contributed by atoms with Crippen molar-refractivity contribution in [3.8, 4) is 5.75 Å². The quantitative estimate of drug-likeness (QED) is 0.467. The molecule has 0 aromatic heterocycles. The number of aliphatic carboxylic acids is 1. The topological polar surface area (TPSA) is 70.1 Å².